The fraction of sp³-hybridized carbons (Fsp3) is 0.588. The van der Waals surface area contributed by atoms with Crippen molar-refractivity contribution < 1.29 is 14.3 Å². The third-order valence-corrected chi connectivity index (χ3v) is 9.68. The molecule has 7 heteroatoms. The Labute approximate surface area is 244 Å². The summed E-state index contributed by atoms with van der Waals surface area (Å²) in [7, 11) is 1.63. The fourth-order valence-electron chi connectivity index (χ4n) is 7.18. The Morgan fingerprint density at radius 3 is 2.61 bits per heavy atom. The molecule has 0 N–H and O–H groups in total. The molecule has 6 rings (SSSR count). The quantitative estimate of drug-likeness (QED) is 0.254. The first kappa shape index (κ1) is 28.1. The van der Waals surface area contributed by atoms with Gasteiger partial charge in [-0.25, -0.2) is 0 Å². The largest absolute Gasteiger partial charge is 0.477 e. The molecule has 3 aromatic rings. The smallest absolute Gasteiger partial charge is 0.319 e. The molecular formula is C34H44N4O3. The highest BCUT2D eigenvalue weighted by Gasteiger charge is 2.28. The Morgan fingerprint density at radius 2 is 1.78 bits per heavy atom. The molecule has 1 aromatic carbocycles. The van der Waals surface area contributed by atoms with Gasteiger partial charge in [0, 0.05) is 43.1 Å². The van der Waals surface area contributed by atoms with Gasteiger partial charge in [-0.15, -0.1) is 0 Å². The number of carbonyl (C=O) groups excluding carboxylic acids is 1. The van der Waals surface area contributed by atoms with Crippen LogP contribution < -0.4 is 9.47 Å². The Kier molecular flexibility index (Phi) is 9.10. The maximum absolute atomic E-state index is 13.2. The predicted molar refractivity (Wildman–Crippen MR) is 160 cm³/mol. The van der Waals surface area contributed by atoms with Gasteiger partial charge >= 0.3 is 6.01 Å². The van der Waals surface area contributed by atoms with Crippen molar-refractivity contribution in [2.24, 2.45) is 17.8 Å². The van der Waals surface area contributed by atoms with E-state index in [4.69, 9.17) is 9.47 Å². The van der Waals surface area contributed by atoms with Crippen LogP contribution in [-0.4, -0.2) is 52.4 Å². The van der Waals surface area contributed by atoms with Crippen molar-refractivity contribution in [3.8, 4) is 11.9 Å². The van der Waals surface area contributed by atoms with E-state index in [0.717, 1.165) is 85.0 Å². The lowest BCUT2D eigenvalue weighted by Gasteiger charge is -2.33. The Hall–Kier alpha value is -3.06. The number of hydrogen-bond donors (Lipinski definition) is 0. The fourth-order valence-corrected chi connectivity index (χ4v) is 7.18. The number of ether oxygens (including phenoxy) is 2. The summed E-state index contributed by atoms with van der Waals surface area (Å²) < 4.78 is 11.7. The Balaban J connectivity index is 0.991. The number of hydrogen-bond acceptors (Lipinski definition) is 7. The summed E-state index contributed by atoms with van der Waals surface area (Å²) in [6.07, 6.45) is 15.8. The average molecular weight is 557 g/mol. The number of Topliss-reactive ketones (excluding diaryl/α,β-unsaturated/α-hetero) is 1. The molecule has 0 saturated heterocycles. The van der Waals surface area contributed by atoms with Gasteiger partial charge in [-0.2, -0.15) is 9.97 Å². The highest BCUT2D eigenvalue weighted by atomic mass is 16.5. The minimum Gasteiger partial charge on any atom is -0.477 e. The van der Waals surface area contributed by atoms with Crippen LogP contribution in [0.2, 0.25) is 0 Å². The van der Waals surface area contributed by atoms with Gasteiger partial charge in [0.05, 0.1) is 30.5 Å². The van der Waals surface area contributed by atoms with E-state index < -0.39 is 0 Å². The van der Waals surface area contributed by atoms with E-state index in [9.17, 15) is 4.79 Å². The summed E-state index contributed by atoms with van der Waals surface area (Å²) in [5.41, 5.74) is 3.96. The van der Waals surface area contributed by atoms with Crippen molar-refractivity contribution in [2.45, 2.75) is 83.6 Å². The van der Waals surface area contributed by atoms with E-state index >= 15 is 0 Å². The Morgan fingerprint density at radius 1 is 0.951 bits per heavy atom. The van der Waals surface area contributed by atoms with Crippen molar-refractivity contribution in [1.82, 2.24) is 19.9 Å². The van der Waals surface area contributed by atoms with Crippen molar-refractivity contribution >= 4 is 16.7 Å². The summed E-state index contributed by atoms with van der Waals surface area (Å²) in [6, 6.07) is 10.2. The van der Waals surface area contributed by atoms with Crippen LogP contribution in [-0.2, 0) is 13.0 Å². The maximum Gasteiger partial charge on any atom is 0.319 e. The average Bonchev–Trinajstić information content (AvgIpc) is 3.03. The van der Waals surface area contributed by atoms with Crippen LogP contribution in [0.25, 0.3) is 10.9 Å². The molecule has 0 radical (unpaired) electrons. The number of nitrogens with zero attached hydrogens (tertiary/aromatic N) is 4. The molecule has 7 nitrogen and oxygen atoms in total. The SMILES string of the molecule is COc1nc2c(c(OCC3CCCCC3)n1)CN(CCC1CCC(CC(=O)c3cccc4ncccc34)CC1)CC2. The first-order chi connectivity index (χ1) is 20.2. The van der Waals surface area contributed by atoms with Gasteiger partial charge in [0.1, 0.15) is 0 Å². The topological polar surface area (TPSA) is 77.4 Å². The van der Waals surface area contributed by atoms with E-state index in [-0.39, 0.29) is 5.78 Å². The first-order valence-corrected chi connectivity index (χ1v) is 15.8. The van der Waals surface area contributed by atoms with Gasteiger partial charge in [-0.3, -0.25) is 14.7 Å². The summed E-state index contributed by atoms with van der Waals surface area (Å²) in [4.78, 5) is 29.5. The second-order valence-corrected chi connectivity index (χ2v) is 12.5. The van der Waals surface area contributed by atoms with Gasteiger partial charge in [-0.1, -0.05) is 50.3 Å². The zero-order valence-corrected chi connectivity index (χ0v) is 24.5. The summed E-state index contributed by atoms with van der Waals surface area (Å²) in [6.45, 7) is 3.70. The molecule has 0 bridgehead atoms. The number of ketones is 1. The molecule has 218 valence electrons. The van der Waals surface area contributed by atoms with Crippen molar-refractivity contribution in [1.29, 1.82) is 0 Å². The van der Waals surface area contributed by atoms with Crippen molar-refractivity contribution in [3.63, 3.8) is 0 Å². The van der Waals surface area contributed by atoms with E-state index in [2.05, 4.69) is 19.9 Å². The lowest BCUT2D eigenvalue weighted by atomic mass is 9.78. The van der Waals surface area contributed by atoms with Crippen molar-refractivity contribution in [3.05, 3.63) is 53.3 Å². The van der Waals surface area contributed by atoms with Gasteiger partial charge in [0.15, 0.2) is 5.78 Å². The van der Waals surface area contributed by atoms with Gasteiger partial charge < -0.3 is 9.47 Å². The molecule has 0 amide bonds. The van der Waals surface area contributed by atoms with Crippen LogP contribution in [0.5, 0.6) is 11.9 Å². The molecule has 3 heterocycles. The number of fused-ring (bicyclic) bond motifs is 2. The summed E-state index contributed by atoms with van der Waals surface area (Å²) in [5, 5.41) is 0.975. The van der Waals surface area contributed by atoms with Crippen LogP contribution in [0.1, 0.15) is 92.2 Å². The molecule has 2 aliphatic carbocycles. The predicted octanol–water partition coefficient (Wildman–Crippen LogP) is 6.82. The summed E-state index contributed by atoms with van der Waals surface area (Å²) >= 11 is 0. The van der Waals surface area contributed by atoms with E-state index in [0.29, 0.717) is 24.3 Å². The molecule has 2 saturated carbocycles. The molecule has 3 aliphatic rings. The lowest BCUT2D eigenvalue weighted by Crippen LogP contribution is -2.34. The molecule has 0 unspecified atom stereocenters. The number of rotatable bonds is 10. The lowest BCUT2D eigenvalue weighted by molar-refractivity contribution is 0.0941. The second kappa shape index (κ2) is 13.3. The zero-order valence-electron chi connectivity index (χ0n) is 24.5. The number of aromatic nitrogens is 3. The van der Waals surface area contributed by atoms with E-state index in [1.807, 2.05) is 30.3 Å². The minimum atomic E-state index is 0.263. The standard InChI is InChI=1S/C34H44N4O3/c1-40-34-36-31-17-20-38(22-29(31)33(37-34)41-23-26-7-3-2-4-8-26)19-16-24-12-14-25(15-13-24)21-32(39)28-9-5-11-30-27(28)10-6-18-35-30/h5-6,9-11,18,24-26H,2-4,7-8,12-17,19-23H2,1H3. The number of benzene rings is 1. The van der Waals surface area contributed by atoms with Crippen LogP contribution >= 0.6 is 0 Å². The maximum atomic E-state index is 13.2. The highest BCUT2D eigenvalue weighted by molar-refractivity contribution is 6.07. The van der Waals surface area contributed by atoms with E-state index in [1.54, 1.807) is 13.3 Å². The minimum absolute atomic E-state index is 0.263. The number of methoxy groups -OCH3 is 1. The molecule has 41 heavy (non-hydrogen) atoms. The second-order valence-electron chi connectivity index (χ2n) is 12.5. The van der Waals surface area contributed by atoms with Crippen LogP contribution in [0.15, 0.2) is 36.5 Å². The molecule has 2 aromatic heterocycles. The monoisotopic (exact) mass is 556 g/mol. The van der Waals surface area contributed by atoms with Gasteiger partial charge in [0.2, 0.25) is 5.88 Å². The van der Waals surface area contributed by atoms with Gasteiger partial charge in [0.25, 0.3) is 0 Å². The zero-order chi connectivity index (χ0) is 28.0. The molecule has 2 fully saturated rings. The third-order valence-electron chi connectivity index (χ3n) is 9.68. The van der Waals surface area contributed by atoms with Crippen LogP contribution in [0.3, 0.4) is 0 Å². The van der Waals surface area contributed by atoms with Crippen LogP contribution in [0, 0.1) is 17.8 Å². The van der Waals surface area contributed by atoms with Gasteiger partial charge in [-0.05, 0) is 68.5 Å². The molecule has 0 spiro atoms. The molecule has 1 aliphatic heterocycles. The normalized spacial score (nSPS) is 21.9. The molecule has 0 atom stereocenters. The molecular weight excluding hydrogens is 512 g/mol. The summed E-state index contributed by atoms with van der Waals surface area (Å²) in [5.74, 6) is 2.85. The Bertz CT molecular complexity index is 1330. The van der Waals surface area contributed by atoms with Crippen LogP contribution in [0.4, 0.5) is 0 Å². The van der Waals surface area contributed by atoms with E-state index in [1.165, 1.54) is 51.4 Å². The first-order valence-electron chi connectivity index (χ1n) is 15.8. The third kappa shape index (κ3) is 6.88. The number of pyridine rings is 1. The number of carbonyl (C=O) groups is 1. The van der Waals surface area contributed by atoms with Crippen molar-refractivity contribution in [2.75, 3.05) is 26.8 Å². The highest BCUT2D eigenvalue weighted by Crippen LogP contribution is 2.35.